The van der Waals surface area contributed by atoms with Crippen molar-refractivity contribution >= 4 is 34.0 Å². The van der Waals surface area contributed by atoms with Crippen LogP contribution in [0.25, 0.3) is 0 Å². The summed E-state index contributed by atoms with van der Waals surface area (Å²) in [4.78, 5) is 20.3. The highest BCUT2D eigenvalue weighted by Crippen LogP contribution is 2.25. The molecule has 2 aromatic carbocycles. The first kappa shape index (κ1) is 19.5. The average Bonchev–Trinajstić information content (AvgIpc) is 3.09. The molecule has 1 heterocycles. The number of hydrogen-bond donors (Lipinski definition) is 1. The Hall–Kier alpha value is -2.21. The summed E-state index contributed by atoms with van der Waals surface area (Å²) in [6.45, 7) is 4.56. The Bertz CT molecular complexity index is 906. The maximum atomic E-state index is 13.1. The van der Waals surface area contributed by atoms with E-state index in [-0.39, 0.29) is 5.91 Å². The first-order valence-corrected chi connectivity index (χ1v) is 9.94. The monoisotopic (exact) mass is 399 g/mol. The second-order valence-electron chi connectivity index (χ2n) is 6.51. The van der Waals surface area contributed by atoms with Crippen LogP contribution >= 0.6 is 22.9 Å². The van der Waals surface area contributed by atoms with E-state index in [2.05, 4.69) is 36.2 Å². The van der Waals surface area contributed by atoms with Crippen molar-refractivity contribution in [3.05, 3.63) is 81.3 Å². The summed E-state index contributed by atoms with van der Waals surface area (Å²) in [6.07, 6.45) is 2.51. The van der Waals surface area contributed by atoms with Crippen LogP contribution in [0.5, 0.6) is 0 Å². The zero-order valence-electron chi connectivity index (χ0n) is 15.4. The number of nitrogens with two attached hydrogens (primary N) is 1. The molecule has 2 N–H and O–H groups in total. The molecule has 6 heteroatoms. The van der Waals surface area contributed by atoms with Crippen LogP contribution in [0, 0.1) is 13.8 Å². The Morgan fingerprint density at radius 2 is 1.81 bits per heavy atom. The Balaban J connectivity index is 1.81. The molecule has 1 atom stereocenters. The fraction of sp³-hybridized carbons (Fsp3) is 0.238. The highest BCUT2D eigenvalue weighted by atomic mass is 35.5. The van der Waals surface area contributed by atoms with Crippen LogP contribution in [0.15, 0.2) is 54.7 Å². The largest absolute Gasteiger partial charge is 0.316 e. The van der Waals surface area contributed by atoms with Crippen molar-refractivity contribution in [2.45, 2.75) is 26.3 Å². The van der Waals surface area contributed by atoms with Gasteiger partial charge in [0.1, 0.15) is 6.04 Å². The Morgan fingerprint density at radius 1 is 1.15 bits per heavy atom. The molecule has 0 bridgehead atoms. The molecule has 1 aromatic heterocycles. The zero-order valence-corrected chi connectivity index (χ0v) is 16.9. The number of aryl methyl sites for hydroxylation is 2. The number of benzene rings is 2. The van der Waals surface area contributed by atoms with Crippen molar-refractivity contribution < 1.29 is 4.79 Å². The Kier molecular flexibility index (Phi) is 6.26. The lowest BCUT2D eigenvalue weighted by Gasteiger charge is -2.24. The lowest BCUT2D eigenvalue weighted by atomic mass is 10.1. The molecule has 0 aliphatic rings. The molecule has 0 saturated heterocycles. The molecule has 1 unspecified atom stereocenters. The predicted molar refractivity (Wildman–Crippen MR) is 112 cm³/mol. The third-order valence-corrected chi connectivity index (χ3v) is 5.53. The van der Waals surface area contributed by atoms with Gasteiger partial charge in [-0.05, 0) is 43.5 Å². The summed E-state index contributed by atoms with van der Waals surface area (Å²) in [7, 11) is 0. The average molecular weight is 400 g/mol. The molecule has 1 amide bonds. The fourth-order valence-electron chi connectivity index (χ4n) is 2.74. The normalized spacial score (nSPS) is 12.0. The molecule has 4 nitrogen and oxygen atoms in total. The van der Waals surface area contributed by atoms with Crippen LogP contribution in [0.2, 0.25) is 5.02 Å². The van der Waals surface area contributed by atoms with Crippen LogP contribution in [0.1, 0.15) is 27.6 Å². The zero-order chi connectivity index (χ0) is 19.4. The molecule has 0 aliphatic carbocycles. The molecule has 0 fully saturated rings. The maximum Gasteiger partial charge on any atom is 0.250 e. The number of carbonyl (C=O) groups is 1. The SMILES string of the molecule is Cc1ccc(CCN(C(=O)C(N)c2ccc(Cl)cc2)c2ncc(C)s2)cc1. The number of anilines is 1. The van der Waals surface area contributed by atoms with E-state index in [1.165, 1.54) is 22.5 Å². The maximum absolute atomic E-state index is 13.1. The van der Waals surface area contributed by atoms with Crippen LogP contribution in [-0.2, 0) is 11.2 Å². The van der Waals surface area contributed by atoms with Gasteiger partial charge >= 0.3 is 0 Å². The number of carbonyl (C=O) groups excluding carboxylic acids is 1. The highest BCUT2D eigenvalue weighted by Gasteiger charge is 2.25. The first-order valence-electron chi connectivity index (χ1n) is 8.74. The minimum atomic E-state index is -0.760. The van der Waals surface area contributed by atoms with Gasteiger partial charge in [-0.25, -0.2) is 4.98 Å². The molecule has 0 spiro atoms. The third-order valence-electron chi connectivity index (χ3n) is 4.35. The van der Waals surface area contributed by atoms with E-state index in [1.807, 2.05) is 6.92 Å². The summed E-state index contributed by atoms with van der Waals surface area (Å²) >= 11 is 7.44. The minimum absolute atomic E-state index is 0.168. The molecular formula is C21H22ClN3OS. The molecule has 0 aliphatic heterocycles. The number of nitrogens with zero attached hydrogens (tertiary/aromatic N) is 2. The van der Waals surface area contributed by atoms with Gasteiger partial charge in [-0.2, -0.15) is 0 Å². The molecule has 27 heavy (non-hydrogen) atoms. The van der Waals surface area contributed by atoms with E-state index in [0.717, 1.165) is 16.9 Å². The van der Waals surface area contributed by atoms with Crippen LogP contribution in [0.4, 0.5) is 5.13 Å². The van der Waals surface area contributed by atoms with E-state index in [1.54, 1.807) is 35.4 Å². The van der Waals surface area contributed by atoms with Gasteiger partial charge in [0, 0.05) is 22.6 Å². The number of amides is 1. The van der Waals surface area contributed by atoms with E-state index in [4.69, 9.17) is 17.3 Å². The van der Waals surface area contributed by atoms with E-state index in [0.29, 0.717) is 16.7 Å². The summed E-state index contributed by atoms with van der Waals surface area (Å²) < 4.78 is 0. The highest BCUT2D eigenvalue weighted by molar-refractivity contribution is 7.15. The smallest absolute Gasteiger partial charge is 0.250 e. The summed E-state index contributed by atoms with van der Waals surface area (Å²) in [5.74, 6) is -0.168. The molecule has 3 aromatic rings. The topological polar surface area (TPSA) is 59.2 Å². The first-order chi connectivity index (χ1) is 12.9. The third kappa shape index (κ3) is 4.95. The minimum Gasteiger partial charge on any atom is -0.316 e. The standard InChI is InChI=1S/C21H22ClN3OS/c1-14-3-5-16(6-4-14)11-12-25(21-24-13-15(2)27-21)20(26)19(23)17-7-9-18(22)10-8-17/h3-10,13,19H,11-12,23H2,1-2H3. The number of rotatable bonds is 6. The van der Waals surface area contributed by atoms with Gasteiger partial charge in [-0.1, -0.05) is 53.6 Å². The summed E-state index contributed by atoms with van der Waals surface area (Å²) in [5, 5.41) is 1.29. The van der Waals surface area contributed by atoms with Gasteiger partial charge in [-0.15, -0.1) is 11.3 Å². The van der Waals surface area contributed by atoms with Crippen molar-refractivity contribution in [1.82, 2.24) is 4.98 Å². The van der Waals surface area contributed by atoms with Gasteiger partial charge < -0.3 is 5.73 Å². The van der Waals surface area contributed by atoms with Crippen LogP contribution < -0.4 is 10.6 Å². The Morgan fingerprint density at radius 3 is 2.41 bits per heavy atom. The van der Waals surface area contributed by atoms with Gasteiger partial charge in [0.25, 0.3) is 0 Å². The molecular weight excluding hydrogens is 378 g/mol. The van der Waals surface area contributed by atoms with E-state index >= 15 is 0 Å². The molecule has 140 valence electrons. The summed E-state index contributed by atoms with van der Waals surface area (Å²) in [5.41, 5.74) is 9.39. The molecule has 3 rings (SSSR count). The van der Waals surface area contributed by atoms with Crippen LogP contribution in [0.3, 0.4) is 0 Å². The van der Waals surface area contributed by atoms with Gasteiger partial charge in [0.15, 0.2) is 5.13 Å². The van der Waals surface area contributed by atoms with E-state index < -0.39 is 6.04 Å². The van der Waals surface area contributed by atoms with Crippen LogP contribution in [-0.4, -0.2) is 17.4 Å². The number of halogens is 1. The van der Waals surface area contributed by atoms with Crippen molar-refractivity contribution in [2.24, 2.45) is 5.73 Å². The molecule has 0 radical (unpaired) electrons. The summed E-state index contributed by atoms with van der Waals surface area (Å²) in [6, 6.07) is 14.6. The van der Waals surface area contributed by atoms with Gasteiger partial charge in [0.2, 0.25) is 5.91 Å². The lowest BCUT2D eigenvalue weighted by Crippen LogP contribution is -2.40. The van der Waals surface area contributed by atoms with Gasteiger partial charge in [0.05, 0.1) is 0 Å². The number of aromatic nitrogens is 1. The lowest BCUT2D eigenvalue weighted by molar-refractivity contribution is -0.120. The van der Waals surface area contributed by atoms with Crippen molar-refractivity contribution in [3.63, 3.8) is 0 Å². The van der Waals surface area contributed by atoms with Crippen molar-refractivity contribution in [1.29, 1.82) is 0 Å². The van der Waals surface area contributed by atoms with E-state index in [9.17, 15) is 4.79 Å². The second kappa shape index (κ2) is 8.65. The fourth-order valence-corrected chi connectivity index (χ4v) is 3.66. The van der Waals surface area contributed by atoms with Crippen molar-refractivity contribution in [3.8, 4) is 0 Å². The number of hydrogen-bond acceptors (Lipinski definition) is 4. The number of thiazole rings is 1. The second-order valence-corrected chi connectivity index (χ2v) is 8.16. The van der Waals surface area contributed by atoms with Crippen molar-refractivity contribution in [2.75, 3.05) is 11.4 Å². The predicted octanol–water partition coefficient (Wildman–Crippen LogP) is 4.69. The Labute approximate surface area is 168 Å². The molecule has 0 saturated carbocycles. The quantitative estimate of drug-likeness (QED) is 0.654. The van der Waals surface area contributed by atoms with Gasteiger partial charge in [-0.3, -0.25) is 9.69 Å².